The van der Waals surface area contributed by atoms with E-state index in [-0.39, 0.29) is 6.03 Å². The maximum absolute atomic E-state index is 12.6. The van der Waals surface area contributed by atoms with E-state index >= 15 is 0 Å². The van der Waals surface area contributed by atoms with Crippen molar-refractivity contribution in [1.29, 1.82) is 0 Å². The second kappa shape index (κ2) is 11.1. The summed E-state index contributed by atoms with van der Waals surface area (Å²) in [5, 5.41) is 15.9. The van der Waals surface area contributed by atoms with Gasteiger partial charge in [-0.2, -0.15) is 5.10 Å². The fraction of sp³-hybridized carbons (Fsp3) is 0.480. The monoisotopic (exact) mass is 484 g/mol. The number of rotatable bonds is 8. The van der Waals surface area contributed by atoms with Gasteiger partial charge in [-0.15, -0.1) is 0 Å². The minimum atomic E-state index is -0.226. The first-order valence-corrected chi connectivity index (χ1v) is 12.4. The summed E-state index contributed by atoms with van der Waals surface area (Å²) in [6, 6.07) is 5.84. The standard InChI is InChI=1S/C25H33ClN6O2/c1-4-22-19(14-28-25(33)27-13-17-6-7-21(26)16(3)12-17)23(30-18-8-10-34-11-9-18)20-15-29-32(5-2)24(20)31-22/h6-7,12,15,18H,4-5,8-11,13-14H2,1-3H3,(H,30,31)(H2,27,28,33). The molecule has 9 heteroatoms. The van der Waals surface area contributed by atoms with E-state index in [0.717, 1.165) is 83.1 Å². The predicted molar refractivity (Wildman–Crippen MR) is 135 cm³/mol. The number of carbonyl (C=O) groups is 1. The Hall–Kier alpha value is -2.84. The number of hydrogen-bond donors (Lipinski definition) is 3. The lowest BCUT2D eigenvalue weighted by atomic mass is 10.0. The topological polar surface area (TPSA) is 93.1 Å². The van der Waals surface area contributed by atoms with Crippen LogP contribution in [0.25, 0.3) is 11.0 Å². The number of carbonyl (C=O) groups excluding carboxylic acids is 1. The number of benzene rings is 1. The minimum absolute atomic E-state index is 0.226. The van der Waals surface area contributed by atoms with Gasteiger partial charge in [-0.05, 0) is 50.3 Å². The van der Waals surface area contributed by atoms with Crippen molar-refractivity contribution in [3.05, 3.63) is 51.8 Å². The summed E-state index contributed by atoms with van der Waals surface area (Å²) in [5.74, 6) is 0. The first-order chi connectivity index (χ1) is 16.5. The largest absolute Gasteiger partial charge is 0.381 e. The van der Waals surface area contributed by atoms with Crippen molar-refractivity contribution in [3.8, 4) is 0 Å². The Kier molecular flexibility index (Phi) is 7.90. The lowest BCUT2D eigenvalue weighted by Gasteiger charge is -2.26. The summed E-state index contributed by atoms with van der Waals surface area (Å²) in [4.78, 5) is 17.6. The fourth-order valence-electron chi connectivity index (χ4n) is 4.33. The third kappa shape index (κ3) is 5.45. The van der Waals surface area contributed by atoms with E-state index in [1.54, 1.807) is 0 Å². The summed E-state index contributed by atoms with van der Waals surface area (Å²) in [6.45, 7) is 9.16. The van der Waals surface area contributed by atoms with E-state index in [1.165, 1.54) is 0 Å². The molecule has 0 spiro atoms. The third-order valence-electron chi connectivity index (χ3n) is 6.28. The zero-order valence-electron chi connectivity index (χ0n) is 20.1. The third-order valence-corrected chi connectivity index (χ3v) is 6.70. The zero-order valence-corrected chi connectivity index (χ0v) is 20.8. The van der Waals surface area contributed by atoms with Crippen LogP contribution in [0.2, 0.25) is 5.02 Å². The van der Waals surface area contributed by atoms with E-state index < -0.39 is 0 Å². The average molecular weight is 485 g/mol. The quantitative estimate of drug-likeness (QED) is 0.435. The maximum Gasteiger partial charge on any atom is 0.315 e. The number of ether oxygens (including phenoxy) is 1. The number of amides is 2. The van der Waals surface area contributed by atoms with Crippen LogP contribution in [0, 0.1) is 6.92 Å². The first-order valence-electron chi connectivity index (χ1n) is 12.0. The van der Waals surface area contributed by atoms with Crippen LogP contribution in [0.5, 0.6) is 0 Å². The van der Waals surface area contributed by atoms with Crippen LogP contribution < -0.4 is 16.0 Å². The molecule has 0 radical (unpaired) electrons. The molecule has 4 rings (SSSR count). The molecule has 2 aromatic heterocycles. The Morgan fingerprint density at radius 1 is 1.21 bits per heavy atom. The Labute approximate surface area is 205 Å². The summed E-state index contributed by atoms with van der Waals surface area (Å²) >= 11 is 6.10. The summed E-state index contributed by atoms with van der Waals surface area (Å²) in [6.07, 6.45) is 4.53. The predicted octanol–water partition coefficient (Wildman–Crippen LogP) is 4.57. The molecule has 3 aromatic rings. The van der Waals surface area contributed by atoms with Gasteiger partial charge in [0.15, 0.2) is 5.65 Å². The zero-order chi connectivity index (χ0) is 24.1. The molecule has 3 N–H and O–H groups in total. The number of pyridine rings is 1. The molecule has 0 aliphatic carbocycles. The van der Waals surface area contributed by atoms with E-state index in [9.17, 15) is 4.79 Å². The summed E-state index contributed by atoms with van der Waals surface area (Å²) in [5.41, 5.74) is 5.86. The molecule has 8 nitrogen and oxygen atoms in total. The van der Waals surface area contributed by atoms with Crippen LogP contribution in [0.4, 0.5) is 10.5 Å². The van der Waals surface area contributed by atoms with Crippen molar-refractivity contribution in [1.82, 2.24) is 25.4 Å². The van der Waals surface area contributed by atoms with Gasteiger partial charge in [-0.25, -0.2) is 14.5 Å². The second-order valence-corrected chi connectivity index (χ2v) is 9.02. The van der Waals surface area contributed by atoms with Crippen LogP contribution in [-0.4, -0.2) is 40.1 Å². The Bertz CT molecular complexity index is 1160. The highest BCUT2D eigenvalue weighted by Crippen LogP contribution is 2.31. The normalized spacial score (nSPS) is 14.4. The van der Waals surface area contributed by atoms with Gasteiger partial charge in [0, 0.05) is 55.2 Å². The van der Waals surface area contributed by atoms with Gasteiger partial charge in [-0.3, -0.25) is 0 Å². The van der Waals surface area contributed by atoms with E-state index in [1.807, 2.05) is 36.0 Å². The van der Waals surface area contributed by atoms with Gasteiger partial charge in [0.25, 0.3) is 0 Å². The molecule has 0 atom stereocenters. The molecule has 1 aliphatic rings. The average Bonchev–Trinajstić information content (AvgIpc) is 3.27. The Balaban J connectivity index is 1.54. The molecule has 0 saturated carbocycles. The molecule has 34 heavy (non-hydrogen) atoms. The highest BCUT2D eigenvalue weighted by molar-refractivity contribution is 6.31. The number of halogens is 1. The number of nitrogens with zero attached hydrogens (tertiary/aromatic N) is 3. The molecular formula is C25H33ClN6O2. The van der Waals surface area contributed by atoms with Crippen LogP contribution >= 0.6 is 11.6 Å². The van der Waals surface area contributed by atoms with Crippen LogP contribution in [0.1, 0.15) is 49.1 Å². The van der Waals surface area contributed by atoms with Crippen molar-refractivity contribution in [3.63, 3.8) is 0 Å². The minimum Gasteiger partial charge on any atom is -0.381 e. The molecule has 3 heterocycles. The van der Waals surface area contributed by atoms with Gasteiger partial charge in [0.1, 0.15) is 0 Å². The number of anilines is 1. The van der Waals surface area contributed by atoms with Gasteiger partial charge in [0.2, 0.25) is 0 Å². The van der Waals surface area contributed by atoms with Gasteiger partial charge in [0.05, 0.1) is 17.3 Å². The molecule has 182 valence electrons. The van der Waals surface area contributed by atoms with Crippen LogP contribution in [0.3, 0.4) is 0 Å². The molecule has 0 bridgehead atoms. The number of aryl methyl sites for hydroxylation is 3. The number of aromatic nitrogens is 3. The lowest BCUT2D eigenvalue weighted by Crippen LogP contribution is -2.35. The Morgan fingerprint density at radius 2 is 1.97 bits per heavy atom. The number of fused-ring (bicyclic) bond motifs is 1. The second-order valence-electron chi connectivity index (χ2n) is 8.61. The van der Waals surface area contributed by atoms with E-state index in [0.29, 0.717) is 19.1 Å². The van der Waals surface area contributed by atoms with Crippen molar-refractivity contribution in [2.45, 2.75) is 65.7 Å². The van der Waals surface area contributed by atoms with Crippen LogP contribution in [-0.2, 0) is 30.8 Å². The van der Waals surface area contributed by atoms with E-state index in [2.05, 4.69) is 34.9 Å². The van der Waals surface area contributed by atoms with Gasteiger partial charge >= 0.3 is 6.03 Å². The molecule has 2 amide bonds. The van der Waals surface area contributed by atoms with Gasteiger partial charge < -0.3 is 20.7 Å². The molecule has 1 saturated heterocycles. The maximum atomic E-state index is 12.6. The van der Waals surface area contributed by atoms with Crippen molar-refractivity contribution >= 4 is 34.4 Å². The highest BCUT2D eigenvalue weighted by atomic mass is 35.5. The van der Waals surface area contributed by atoms with Crippen LogP contribution in [0.15, 0.2) is 24.4 Å². The lowest BCUT2D eigenvalue weighted by molar-refractivity contribution is 0.0904. The smallest absolute Gasteiger partial charge is 0.315 e. The molecular weight excluding hydrogens is 452 g/mol. The Morgan fingerprint density at radius 3 is 2.68 bits per heavy atom. The molecule has 1 aliphatic heterocycles. The van der Waals surface area contributed by atoms with E-state index in [4.69, 9.17) is 21.3 Å². The first kappa shape index (κ1) is 24.3. The number of nitrogens with one attached hydrogen (secondary N) is 3. The van der Waals surface area contributed by atoms with Crippen molar-refractivity contribution in [2.75, 3.05) is 18.5 Å². The molecule has 1 fully saturated rings. The summed E-state index contributed by atoms with van der Waals surface area (Å²) < 4.78 is 7.45. The van der Waals surface area contributed by atoms with Crippen molar-refractivity contribution < 1.29 is 9.53 Å². The van der Waals surface area contributed by atoms with Gasteiger partial charge in [-0.1, -0.05) is 30.7 Å². The SMILES string of the molecule is CCc1nc2c(cnn2CC)c(NC2CCOCC2)c1CNC(=O)NCc1ccc(Cl)c(C)c1. The number of hydrogen-bond acceptors (Lipinski definition) is 5. The molecule has 0 unspecified atom stereocenters. The van der Waals surface area contributed by atoms with Crippen molar-refractivity contribution in [2.24, 2.45) is 0 Å². The highest BCUT2D eigenvalue weighted by Gasteiger charge is 2.22. The summed E-state index contributed by atoms with van der Waals surface area (Å²) in [7, 11) is 0. The molecule has 1 aromatic carbocycles. The fourth-order valence-corrected chi connectivity index (χ4v) is 4.45. The number of urea groups is 1.